The molecule has 1 amide bonds. The van der Waals surface area contributed by atoms with E-state index in [9.17, 15) is 4.79 Å². The minimum absolute atomic E-state index is 0.00437. The van der Waals surface area contributed by atoms with Crippen molar-refractivity contribution >= 4 is 12.3 Å². The maximum atomic E-state index is 11.9. The third-order valence-corrected chi connectivity index (χ3v) is 4.64. The molecule has 1 aromatic rings. The van der Waals surface area contributed by atoms with Gasteiger partial charge in [0, 0.05) is 6.21 Å². The highest BCUT2D eigenvalue weighted by Crippen LogP contribution is 2.17. The standard InChI is InChI=1S/C21H32N2O2/c1-2-3-4-5-6-7-8-9-13-16-22-23-20(18-25-21(23)24)17-19-14-11-10-12-15-19/h10-12,14-16,20H,2-9,13,17-18H2,1H3/b22-16+. The number of ether oxygens (including phenoxy) is 1. The summed E-state index contributed by atoms with van der Waals surface area (Å²) in [5.74, 6) is 0. The predicted octanol–water partition coefficient (Wildman–Crippen LogP) is 5.57. The molecular weight excluding hydrogens is 312 g/mol. The molecule has 0 spiro atoms. The van der Waals surface area contributed by atoms with Gasteiger partial charge in [-0.15, -0.1) is 0 Å². The second kappa shape index (κ2) is 11.7. The van der Waals surface area contributed by atoms with E-state index in [2.05, 4.69) is 24.2 Å². The fourth-order valence-electron chi connectivity index (χ4n) is 3.14. The number of hydrogen-bond acceptors (Lipinski definition) is 3. The zero-order valence-corrected chi connectivity index (χ0v) is 15.5. The first-order valence-corrected chi connectivity index (χ1v) is 9.83. The molecule has 0 N–H and O–H groups in total. The topological polar surface area (TPSA) is 41.9 Å². The molecule has 0 radical (unpaired) electrons. The van der Waals surface area contributed by atoms with Crippen LogP contribution in [0.5, 0.6) is 0 Å². The third kappa shape index (κ3) is 7.29. The molecule has 0 saturated carbocycles. The van der Waals surface area contributed by atoms with E-state index in [1.54, 1.807) is 0 Å². The summed E-state index contributed by atoms with van der Waals surface area (Å²) in [6.07, 6.45) is 13.7. The van der Waals surface area contributed by atoms with Crippen molar-refractivity contribution < 1.29 is 9.53 Å². The van der Waals surface area contributed by atoms with Crippen LogP contribution in [-0.2, 0) is 11.2 Å². The van der Waals surface area contributed by atoms with Crippen LogP contribution in [0.2, 0.25) is 0 Å². The van der Waals surface area contributed by atoms with Crippen LogP contribution in [0.3, 0.4) is 0 Å². The lowest BCUT2D eigenvalue weighted by atomic mass is 10.1. The second-order valence-electron chi connectivity index (χ2n) is 6.83. The van der Waals surface area contributed by atoms with Crippen molar-refractivity contribution in [2.75, 3.05) is 6.61 Å². The molecule has 25 heavy (non-hydrogen) atoms. The number of benzene rings is 1. The first kappa shape index (κ1) is 19.5. The van der Waals surface area contributed by atoms with Crippen LogP contribution < -0.4 is 0 Å². The van der Waals surface area contributed by atoms with Crippen molar-refractivity contribution in [2.24, 2.45) is 5.10 Å². The van der Waals surface area contributed by atoms with Crippen LogP contribution in [0.1, 0.15) is 70.3 Å². The molecule has 1 atom stereocenters. The smallest absolute Gasteiger partial charge is 0.430 e. The van der Waals surface area contributed by atoms with E-state index in [4.69, 9.17) is 4.74 Å². The molecule has 1 aliphatic rings. The van der Waals surface area contributed by atoms with Gasteiger partial charge in [-0.3, -0.25) is 0 Å². The summed E-state index contributed by atoms with van der Waals surface area (Å²) < 4.78 is 5.17. The molecule has 0 aromatic heterocycles. The molecule has 1 aromatic carbocycles. The van der Waals surface area contributed by atoms with E-state index in [0.29, 0.717) is 6.61 Å². The molecule has 1 fully saturated rings. The second-order valence-corrected chi connectivity index (χ2v) is 6.83. The minimum Gasteiger partial charge on any atom is -0.446 e. The number of nitrogens with zero attached hydrogens (tertiary/aromatic N) is 2. The Hall–Kier alpha value is -1.84. The number of hydrazone groups is 1. The largest absolute Gasteiger partial charge is 0.446 e. The van der Waals surface area contributed by atoms with Crippen molar-refractivity contribution in [2.45, 2.75) is 77.2 Å². The number of cyclic esters (lactones) is 1. The first-order valence-electron chi connectivity index (χ1n) is 9.83. The van der Waals surface area contributed by atoms with Gasteiger partial charge in [0.2, 0.25) is 0 Å². The van der Waals surface area contributed by atoms with E-state index in [-0.39, 0.29) is 12.1 Å². The highest BCUT2D eigenvalue weighted by molar-refractivity contribution is 5.71. The van der Waals surface area contributed by atoms with Crippen molar-refractivity contribution in [3.05, 3.63) is 35.9 Å². The Bertz CT molecular complexity index is 516. The maximum absolute atomic E-state index is 11.9. The molecule has 0 bridgehead atoms. The van der Waals surface area contributed by atoms with Crippen LogP contribution in [-0.4, -0.2) is 30.0 Å². The van der Waals surface area contributed by atoms with Gasteiger partial charge >= 0.3 is 6.09 Å². The Balaban J connectivity index is 1.63. The fraction of sp³-hybridized carbons (Fsp3) is 0.619. The van der Waals surface area contributed by atoms with Crippen molar-refractivity contribution in [1.82, 2.24) is 5.01 Å². The fourth-order valence-corrected chi connectivity index (χ4v) is 3.14. The van der Waals surface area contributed by atoms with E-state index < -0.39 is 0 Å². The lowest BCUT2D eigenvalue weighted by Gasteiger charge is -2.15. The maximum Gasteiger partial charge on any atom is 0.430 e. The molecule has 4 heteroatoms. The van der Waals surface area contributed by atoms with Gasteiger partial charge in [0.05, 0.1) is 6.04 Å². The lowest BCUT2D eigenvalue weighted by Crippen LogP contribution is -2.30. The van der Waals surface area contributed by atoms with Gasteiger partial charge in [0.25, 0.3) is 0 Å². The Morgan fingerprint density at radius 3 is 2.48 bits per heavy atom. The van der Waals surface area contributed by atoms with Gasteiger partial charge < -0.3 is 4.74 Å². The number of carbonyl (C=O) groups excluding carboxylic acids is 1. The van der Waals surface area contributed by atoms with E-state index in [1.807, 2.05) is 24.4 Å². The van der Waals surface area contributed by atoms with Gasteiger partial charge in [-0.25, -0.2) is 4.79 Å². The molecule has 0 aliphatic carbocycles. The Morgan fingerprint density at radius 1 is 1.08 bits per heavy atom. The Morgan fingerprint density at radius 2 is 1.76 bits per heavy atom. The number of rotatable bonds is 12. The number of amides is 1. The summed E-state index contributed by atoms with van der Waals surface area (Å²) in [4.78, 5) is 11.9. The SMILES string of the molecule is CCCCCCCCCC/C=N/N1C(=O)OCC1Cc1ccccc1. The van der Waals surface area contributed by atoms with Crippen LogP contribution in [0.25, 0.3) is 0 Å². The summed E-state index contributed by atoms with van der Waals surface area (Å²) in [5, 5.41) is 5.89. The third-order valence-electron chi connectivity index (χ3n) is 4.64. The average Bonchev–Trinajstić information content (AvgIpc) is 2.97. The lowest BCUT2D eigenvalue weighted by molar-refractivity contribution is 0.159. The van der Waals surface area contributed by atoms with Gasteiger partial charge in [-0.05, 0) is 24.8 Å². The van der Waals surface area contributed by atoms with Crippen LogP contribution in [0.4, 0.5) is 4.79 Å². The summed E-state index contributed by atoms with van der Waals surface area (Å²) in [6.45, 7) is 2.67. The van der Waals surface area contributed by atoms with Gasteiger partial charge in [-0.2, -0.15) is 10.1 Å². The van der Waals surface area contributed by atoms with Crippen LogP contribution in [0.15, 0.2) is 35.4 Å². The number of carbonyl (C=O) groups is 1. The average molecular weight is 344 g/mol. The van der Waals surface area contributed by atoms with Crippen LogP contribution in [0, 0.1) is 0 Å². The molecule has 1 saturated heterocycles. The van der Waals surface area contributed by atoms with E-state index in [0.717, 1.165) is 19.3 Å². The van der Waals surface area contributed by atoms with Gasteiger partial charge in [-0.1, -0.05) is 82.2 Å². The molecule has 1 aliphatic heterocycles. The van der Waals surface area contributed by atoms with Gasteiger partial charge in [0.15, 0.2) is 0 Å². The highest BCUT2D eigenvalue weighted by atomic mass is 16.6. The summed E-state index contributed by atoms with van der Waals surface area (Å²) in [5.41, 5.74) is 1.20. The molecule has 138 valence electrons. The molecule has 2 rings (SSSR count). The molecule has 4 nitrogen and oxygen atoms in total. The van der Waals surface area contributed by atoms with Crippen molar-refractivity contribution in [3.63, 3.8) is 0 Å². The molecule has 1 unspecified atom stereocenters. The first-order chi connectivity index (χ1) is 12.3. The van der Waals surface area contributed by atoms with Crippen molar-refractivity contribution in [1.29, 1.82) is 0 Å². The Labute approximate surface area is 152 Å². The predicted molar refractivity (Wildman–Crippen MR) is 103 cm³/mol. The van der Waals surface area contributed by atoms with E-state index in [1.165, 1.54) is 55.5 Å². The minimum atomic E-state index is -0.326. The summed E-state index contributed by atoms with van der Waals surface area (Å²) in [7, 11) is 0. The Kier molecular flexibility index (Phi) is 9.09. The highest BCUT2D eigenvalue weighted by Gasteiger charge is 2.32. The quantitative estimate of drug-likeness (QED) is 0.367. The monoisotopic (exact) mass is 344 g/mol. The van der Waals surface area contributed by atoms with Gasteiger partial charge in [0.1, 0.15) is 6.61 Å². The van der Waals surface area contributed by atoms with Crippen LogP contribution >= 0.6 is 0 Å². The zero-order chi connectivity index (χ0) is 17.7. The molecular formula is C21H32N2O2. The normalized spacial score (nSPS) is 17.4. The summed E-state index contributed by atoms with van der Waals surface area (Å²) in [6, 6.07) is 10.2. The zero-order valence-electron chi connectivity index (χ0n) is 15.5. The van der Waals surface area contributed by atoms with E-state index >= 15 is 0 Å². The number of hydrogen-bond donors (Lipinski definition) is 0. The number of unbranched alkanes of at least 4 members (excludes halogenated alkanes) is 8. The van der Waals surface area contributed by atoms with Crippen molar-refractivity contribution in [3.8, 4) is 0 Å². The molecule has 1 heterocycles. The summed E-state index contributed by atoms with van der Waals surface area (Å²) >= 11 is 0.